The number of non-ortho nitro benzene ring substituents is 1. The average molecular weight is 278 g/mol. The summed E-state index contributed by atoms with van der Waals surface area (Å²) in [4.78, 5) is 8.91. The highest BCUT2D eigenvalue weighted by Gasteiger charge is 2.26. The standard InChI is InChI=1S/C8H11FN4O4S/c1-2-11-18(16,17)8-6(9)3-5(13(14)15)4-7(8)12-10/h3-4,11-12H,2,10H2,1H3. The summed E-state index contributed by atoms with van der Waals surface area (Å²) in [5.74, 6) is 3.80. The summed E-state index contributed by atoms with van der Waals surface area (Å²) in [7, 11) is -4.12. The Hall–Kier alpha value is -1.78. The quantitative estimate of drug-likeness (QED) is 0.404. The molecule has 100 valence electrons. The third-order valence-corrected chi connectivity index (χ3v) is 3.62. The topological polar surface area (TPSA) is 127 Å². The van der Waals surface area contributed by atoms with Crippen LogP contribution in [-0.2, 0) is 10.0 Å². The zero-order valence-electron chi connectivity index (χ0n) is 9.31. The number of rotatable bonds is 5. The number of hydrogen-bond donors (Lipinski definition) is 3. The van der Waals surface area contributed by atoms with E-state index in [1.165, 1.54) is 6.92 Å². The first-order valence-corrected chi connectivity index (χ1v) is 6.26. The van der Waals surface area contributed by atoms with Crippen LogP contribution in [0.15, 0.2) is 17.0 Å². The molecule has 0 aliphatic carbocycles. The number of nitrogens with zero attached hydrogens (tertiary/aromatic N) is 1. The fraction of sp³-hybridized carbons (Fsp3) is 0.250. The maximum absolute atomic E-state index is 13.7. The molecule has 0 spiro atoms. The van der Waals surface area contributed by atoms with Crippen LogP contribution in [0.2, 0.25) is 0 Å². The lowest BCUT2D eigenvalue weighted by Crippen LogP contribution is -2.26. The zero-order chi connectivity index (χ0) is 13.9. The first-order valence-electron chi connectivity index (χ1n) is 4.77. The maximum Gasteiger partial charge on any atom is 0.274 e. The normalized spacial score (nSPS) is 11.3. The smallest absolute Gasteiger partial charge is 0.274 e. The van der Waals surface area contributed by atoms with Crippen molar-refractivity contribution in [3.05, 3.63) is 28.1 Å². The molecule has 0 amide bonds. The number of anilines is 1. The van der Waals surface area contributed by atoms with Crippen molar-refractivity contribution in [2.45, 2.75) is 11.8 Å². The van der Waals surface area contributed by atoms with Crippen LogP contribution in [0.25, 0.3) is 0 Å². The van der Waals surface area contributed by atoms with E-state index in [2.05, 4.69) is 4.72 Å². The summed E-state index contributed by atoms with van der Waals surface area (Å²) < 4.78 is 39.1. The van der Waals surface area contributed by atoms with Gasteiger partial charge in [0.15, 0.2) is 5.82 Å². The SMILES string of the molecule is CCNS(=O)(=O)c1c(F)cc([N+](=O)[O-])cc1NN. The minimum absolute atomic E-state index is 0.0444. The van der Waals surface area contributed by atoms with Crippen LogP contribution in [0, 0.1) is 15.9 Å². The minimum Gasteiger partial charge on any atom is -0.323 e. The van der Waals surface area contributed by atoms with Gasteiger partial charge in [0.1, 0.15) is 4.90 Å². The summed E-state index contributed by atoms with van der Waals surface area (Å²) >= 11 is 0. The number of nitrogens with two attached hydrogens (primary N) is 1. The molecule has 0 bridgehead atoms. The molecule has 0 aromatic heterocycles. The Morgan fingerprint density at radius 2 is 2.11 bits per heavy atom. The van der Waals surface area contributed by atoms with Gasteiger partial charge in [0.25, 0.3) is 5.69 Å². The van der Waals surface area contributed by atoms with Crippen molar-refractivity contribution in [3.8, 4) is 0 Å². The number of benzene rings is 1. The van der Waals surface area contributed by atoms with E-state index >= 15 is 0 Å². The predicted octanol–water partition coefficient (Wildman–Crippen LogP) is 0.318. The minimum atomic E-state index is -4.12. The molecule has 0 saturated heterocycles. The number of nitro groups is 1. The van der Waals surface area contributed by atoms with E-state index in [-0.39, 0.29) is 12.2 Å². The molecule has 0 fully saturated rings. The number of hydrazine groups is 1. The van der Waals surface area contributed by atoms with Gasteiger partial charge in [0, 0.05) is 12.6 Å². The Morgan fingerprint density at radius 3 is 2.56 bits per heavy atom. The van der Waals surface area contributed by atoms with Gasteiger partial charge < -0.3 is 5.43 Å². The van der Waals surface area contributed by atoms with Gasteiger partial charge in [-0.05, 0) is 0 Å². The van der Waals surface area contributed by atoms with Crippen LogP contribution in [0.5, 0.6) is 0 Å². The number of nitrogens with one attached hydrogen (secondary N) is 2. The van der Waals surface area contributed by atoms with Crippen molar-refractivity contribution in [3.63, 3.8) is 0 Å². The molecule has 1 aromatic carbocycles. The van der Waals surface area contributed by atoms with Crippen LogP contribution in [0.4, 0.5) is 15.8 Å². The lowest BCUT2D eigenvalue weighted by molar-refractivity contribution is -0.385. The summed E-state index contributed by atoms with van der Waals surface area (Å²) in [6, 6.07) is 1.36. The first-order chi connectivity index (χ1) is 8.33. The number of hydrogen-bond acceptors (Lipinski definition) is 6. The van der Waals surface area contributed by atoms with Crippen molar-refractivity contribution in [1.82, 2.24) is 4.72 Å². The highest BCUT2D eigenvalue weighted by molar-refractivity contribution is 7.89. The van der Waals surface area contributed by atoms with E-state index in [1.54, 1.807) is 0 Å². The van der Waals surface area contributed by atoms with Crippen LogP contribution >= 0.6 is 0 Å². The Balaban J connectivity index is 3.50. The molecule has 1 rings (SSSR count). The summed E-state index contributed by atoms with van der Waals surface area (Å²) in [6.07, 6.45) is 0. The molecule has 0 aliphatic rings. The second-order valence-corrected chi connectivity index (χ2v) is 4.91. The number of nitrogen functional groups attached to an aromatic ring is 1. The molecule has 0 atom stereocenters. The Morgan fingerprint density at radius 1 is 1.50 bits per heavy atom. The van der Waals surface area contributed by atoms with Crippen molar-refractivity contribution in [1.29, 1.82) is 0 Å². The zero-order valence-corrected chi connectivity index (χ0v) is 10.1. The largest absolute Gasteiger partial charge is 0.323 e. The van der Waals surface area contributed by atoms with E-state index in [1.807, 2.05) is 5.43 Å². The lowest BCUT2D eigenvalue weighted by Gasteiger charge is -2.10. The Kier molecular flexibility index (Phi) is 4.16. The monoisotopic (exact) mass is 278 g/mol. The van der Waals surface area contributed by atoms with Crippen LogP contribution in [0.3, 0.4) is 0 Å². The van der Waals surface area contributed by atoms with Gasteiger partial charge in [-0.25, -0.2) is 17.5 Å². The second kappa shape index (κ2) is 5.25. The number of nitro benzene ring substituents is 1. The molecule has 0 radical (unpaired) electrons. The molecule has 8 nitrogen and oxygen atoms in total. The summed E-state index contributed by atoms with van der Waals surface area (Å²) in [5.41, 5.74) is 0.945. The van der Waals surface area contributed by atoms with Crippen molar-refractivity contribution in [2.75, 3.05) is 12.0 Å². The maximum atomic E-state index is 13.7. The molecule has 18 heavy (non-hydrogen) atoms. The Bertz CT molecular complexity index is 575. The Labute approximate surface area is 102 Å². The van der Waals surface area contributed by atoms with Crippen LogP contribution in [-0.4, -0.2) is 19.9 Å². The van der Waals surface area contributed by atoms with Gasteiger partial charge in [0.05, 0.1) is 16.7 Å². The van der Waals surface area contributed by atoms with Gasteiger partial charge >= 0.3 is 0 Å². The van der Waals surface area contributed by atoms with E-state index in [0.717, 1.165) is 6.07 Å². The molecule has 0 aliphatic heterocycles. The van der Waals surface area contributed by atoms with Crippen LogP contribution in [0.1, 0.15) is 6.92 Å². The molecule has 0 saturated carbocycles. The molecule has 0 unspecified atom stereocenters. The summed E-state index contributed by atoms with van der Waals surface area (Å²) in [6.45, 7) is 1.55. The van der Waals surface area contributed by atoms with Crippen LogP contribution < -0.4 is 16.0 Å². The van der Waals surface area contributed by atoms with E-state index < -0.39 is 31.3 Å². The van der Waals surface area contributed by atoms with E-state index in [9.17, 15) is 22.9 Å². The van der Waals surface area contributed by atoms with Gasteiger partial charge in [-0.3, -0.25) is 16.0 Å². The van der Waals surface area contributed by atoms with Crippen molar-refractivity contribution < 1.29 is 17.7 Å². The van der Waals surface area contributed by atoms with Gasteiger partial charge in [-0.1, -0.05) is 6.92 Å². The van der Waals surface area contributed by atoms with E-state index in [4.69, 9.17) is 5.84 Å². The van der Waals surface area contributed by atoms with Gasteiger partial charge in [0.2, 0.25) is 10.0 Å². The first kappa shape index (κ1) is 14.3. The lowest BCUT2D eigenvalue weighted by atomic mass is 10.3. The number of sulfonamides is 1. The molecule has 10 heteroatoms. The van der Waals surface area contributed by atoms with E-state index in [0.29, 0.717) is 6.07 Å². The highest BCUT2D eigenvalue weighted by Crippen LogP contribution is 2.28. The van der Waals surface area contributed by atoms with Crippen molar-refractivity contribution >= 4 is 21.4 Å². The molecule has 0 heterocycles. The fourth-order valence-electron chi connectivity index (χ4n) is 1.33. The third kappa shape index (κ3) is 2.72. The summed E-state index contributed by atoms with van der Waals surface area (Å²) in [5, 5.41) is 10.5. The fourth-order valence-corrected chi connectivity index (χ4v) is 2.57. The van der Waals surface area contributed by atoms with Crippen molar-refractivity contribution in [2.24, 2.45) is 5.84 Å². The second-order valence-electron chi connectivity index (χ2n) is 3.21. The molecular weight excluding hydrogens is 267 g/mol. The van der Waals surface area contributed by atoms with Gasteiger partial charge in [-0.15, -0.1) is 0 Å². The number of halogens is 1. The molecule has 1 aromatic rings. The predicted molar refractivity (Wildman–Crippen MR) is 61.7 cm³/mol. The molecular formula is C8H11FN4O4S. The van der Waals surface area contributed by atoms with Gasteiger partial charge in [-0.2, -0.15) is 0 Å². The average Bonchev–Trinajstić information content (AvgIpc) is 2.27. The molecule has 4 N–H and O–H groups in total. The highest BCUT2D eigenvalue weighted by atomic mass is 32.2. The third-order valence-electron chi connectivity index (χ3n) is 2.00.